The zero-order valence-electron chi connectivity index (χ0n) is 13.1. The van der Waals surface area contributed by atoms with Gasteiger partial charge in [0.1, 0.15) is 12.4 Å². The van der Waals surface area contributed by atoms with Crippen molar-refractivity contribution in [2.45, 2.75) is 18.9 Å². The normalized spacial score (nSPS) is 16.6. The molecule has 3 rings (SSSR count). The monoisotopic (exact) mass is 346 g/mol. The van der Waals surface area contributed by atoms with Crippen molar-refractivity contribution in [2.24, 2.45) is 0 Å². The lowest BCUT2D eigenvalue weighted by Gasteiger charge is -2.13. The molecule has 1 aliphatic heterocycles. The minimum Gasteiger partial charge on any atom is -0.491 e. The fourth-order valence-corrected chi connectivity index (χ4v) is 2.68. The highest BCUT2D eigenvalue weighted by atomic mass is 35.5. The number of hydrogen-bond acceptors (Lipinski definition) is 3. The number of anilines is 2. The first-order valence-corrected chi connectivity index (χ1v) is 8.25. The number of hydrogen-bond donors (Lipinski definition) is 2. The number of ether oxygens (including phenoxy) is 2. The molecule has 2 N–H and O–H groups in total. The van der Waals surface area contributed by atoms with E-state index in [2.05, 4.69) is 10.6 Å². The minimum atomic E-state index is -0.339. The number of halogens is 1. The topological polar surface area (TPSA) is 59.6 Å². The molecule has 0 spiro atoms. The molecule has 126 valence electrons. The summed E-state index contributed by atoms with van der Waals surface area (Å²) in [4.78, 5) is 12.0. The highest BCUT2D eigenvalue weighted by Crippen LogP contribution is 2.20. The summed E-state index contributed by atoms with van der Waals surface area (Å²) in [7, 11) is 0. The van der Waals surface area contributed by atoms with E-state index in [0.717, 1.165) is 19.4 Å². The fraction of sp³-hybridized carbons (Fsp3) is 0.278. The van der Waals surface area contributed by atoms with Crippen LogP contribution in [0.1, 0.15) is 12.8 Å². The van der Waals surface area contributed by atoms with Crippen LogP contribution in [0.3, 0.4) is 0 Å². The van der Waals surface area contributed by atoms with Crippen LogP contribution in [0.5, 0.6) is 5.75 Å². The van der Waals surface area contributed by atoms with E-state index in [0.29, 0.717) is 28.8 Å². The van der Waals surface area contributed by atoms with E-state index in [1.807, 2.05) is 12.1 Å². The van der Waals surface area contributed by atoms with Crippen LogP contribution in [-0.2, 0) is 4.74 Å². The Kier molecular flexibility index (Phi) is 5.56. The van der Waals surface area contributed by atoms with Crippen LogP contribution in [0.25, 0.3) is 0 Å². The molecule has 0 saturated carbocycles. The van der Waals surface area contributed by atoms with Crippen molar-refractivity contribution in [1.82, 2.24) is 0 Å². The predicted molar refractivity (Wildman–Crippen MR) is 95.0 cm³/mol. The van der Waals surface area contributed by atoms with Crippen molar-refractivity contribution < 1.29 is 14.3 Å². The molecule has 0 radical (unpaired) electrons. The van der Waals surface area contributed by atoms with Gasteiger partial charge in [0.05, 0.1) is 6.10 Å². The molecule has 1 fully saturated rings. The Balaban J connectivity index is 1.54. The Morgan fingerprint density at radius 1 is 1.17 bits per heavy atom. The summed E-state index contributed by atoms with van der Waals surface area (Å²) in [5, 5.41) is 6.07. The molecule has 2 amide bonds. The summed E-state index contributed by atoms with van der Waals surface area (Å²) in [6.45, 7) is 1.33. The van der Waals surface area contributed by atoms with E-state index in [1.54, 1.807) is 36.4 Å². The van der Waals surface area contributed by atoms with Crippen LogP contribution in [0.4, 0.5) is 16.2 Å². The van der Waals surface area contributed by atoms with Gasteiger partial charge in [0.15, 0.2) is 0 Å². The molecule has 5 nitrogen and oxygen atoms in total. The fourth-order valence-electron chi connectivity index (χ4n) is 2.49. The van der Waals surface area contributed by atoms with Gasteiger partial charge in [-0.25, -0.2) is 4.79 Å². The molecule has 6 heteroatoms. The molecule has 1 heterocycles. The number of carbonyl (C=O) groups is 1. The molecule has 2 aromatic rings. The first-order chi connectivity index (χ1) is 11.7. The van der Waals surface area contributed by atoms with Gasteiger partial charge in [-0.1, -0.05) is 23.7 Å². The Morgan fingerprint density at radius 2 is 1.92 bits per heavy atom. The number of nitrogens with one attached hydrogen (secondary N) is 2. The van der Waals surface area contributed by atoms with E-state index in [9.17, 15) is 4.79 Å². The van der Waals surface area contributed by atoms with E-state index < -0.39 is 0 Å². The van der Waals surface area contributed by atoms with Gasteiger partial charge >= 0.3 is 6.03 Å². The number of amides is 2. The second kappa shape index (κ2) is 8.04. The van der Waals surface area contributed by atoms with Crippen molar-refractivity contribution in [3.8, 4) is 5.75 Å². The second-order valence-corrected chi connectivity index (χ2v) is 6.00. The lowest BCUT2D eigenvalue weighted by molar-refractivity contribution is 0.0680. The molecule has 24 heavy (non-hydrogen) atoms. The Hall–Kier alpha value is -2.24. The van der Waals surface area contributed by atoms with Crippen LogP contribution in [-0.4, -0.2) is 25.3 Å². The largest absolute Gasteiger partial charge is 0.491 e. The van der Waals surface area contributed by atoms with Gasteiger partial charge in [-0.05, 0) is 43.2 Å². The lowest BCUT2D eigenvalue weighted by Crippen LogP contribution is -2.19. The average Bonchev–Trinajstić information content (AvgIpc) is 3.06. The molecule has 0 aliphatic carbocycles. The molecule has 1 saturated heterocycles. The Bertz CT molecular complexity index is 702. The second-order valence-electron chi connectivity index (χ2n) is 5.56. The van der Waals surface area contributed by atoms with Crippen molar-refractivity contribution in [2.75, 3.05) is 23.8 Å². The third-order valence-corrected chi connectivity index (χ3v) is 3.87. The SMILES string of the molecule is O=C(Nc1cccc(Cl)c1)Nc1cccc(OCC2CCCO2)c1. The molecule has 0 aromatic heterocycles. The molecular formula is C18H19ClN2O3. The highest BCUT2D eigenvalue weighted by molar-refractivity contribution is 6.30. The zero-order valence-corrected chi connectivity index (χ0v) is 13.9. The first-order valence-electron chi connectivity index (χ1n) is 7.87. The third-order valence-electron chi connectivity index (χ3n) is 3.63. The lowest BCUT2D eigenvalue weighted by atomic mass is 10.2. The van der Waals surface area contributed by atoms with Gasteiger partial charge < -0.3 is 20.1 Å². The van der Waals surface area contributed by atoms with Gasteiger partial charge in [-0.3, -0.25) is 0 Å². The zero-order chi connectivity index (χ0) is 16.8. The van der Waals surface area contributed by atoms with Gasteiger partial charge in [0.25, 0.3) is 0 Å². The average molecular weight is 347 g/mol. The van der Waals surface area contributed by atoms with E-state index in [-0.39, 0.29) is 12.1 Å². The van der Waals surface area contributed by atoms with E-state index in [4.69, 9.17) is 21.1 Å². The molecule has 1 atom stereocenters. The van der Waals surface area contributed by atoms with Crippen LogP contribution in [0.15, 0.2) is 48.5 Å². The van der Waals surface area contributed by atoms with E-state index in [1.165, 1.54) is 0 Å². The van der Waals surface area contributed by atoms with Crippen LogP contribution < -0.4 is 15.4 Å². The first kappa shape index (κ1) is 16.6. The van der Waals surface area contributed by atoms with Crippen molar-refractivity contribution in [1.29, 1.82) is 0 Å². The maximum Gasteiger partial charge on any atom is 0.323 e. The smallest absolute Gasteiger partial charge is 0.323 e. The summed E-state index contributed by atoms with van der Waals surface area (Å²) < 4.78 is 11.3. The van der Waals surface area contributed by atoms with Crippen molar-refractivity contribution in [3.05, 3.63) is 53.6 Å². The van der Waals surface area contributed by atoms with Gasteiger partial charge in [-0.2, -0.15) is 0 Å². The van der Waals surface area contributed by atoms with Crippen molar-refractivity contribution in [3.63, 3.8) is 0 Å². The predicted octanol–water partition coefficient (Wildman–Crippen LogP) is 4.54. The highest BCUT2D eigenvalue weighted by Gasteiger charge is 2.16. The summed E-state index contributed by atoms with van der Waals surface area (Å²) in [5.74, 6) is 0.700. The maximum atomic E-state index is 12.0. The minimum absolute atomic E-state index is 0.160. The summed E-state index contributed by atoms with van der Waals surface area (Å²) in [6, 6.07) is 13.9. The molecule has 2 aromatic carbocycles. The van der Waals surface area contributed by atoms with Crippen molar-refractivity contribution >= 4 is 29.0 Å². The maximum absolute atomic E-state index is 12.0. The quantitative estimate of drug-likeness (QED) is 0.835. The summed E-state index contributed by atoms with van der Waals surface area (Å²) >= 11 is 5.90. The number of benzene rings is 2. The Labute approximate surface area is 145 Å². The van der Waals surface area contributed by atoms with Crippen LogP contribution >= 0.6 is 11.6 Å². The molecular weight excluding hydrogens is 328 g/mol. The number of urea groups is 1. The molecule has 1 aliphatic rings. The standard InChI is InChI=1S/C18H19ClN2O3/c19-13-4-1-5-14(10-13)20-18(22)21-15-6-2-7-16(11-15)24-12-17-8-3-9-23-17/h1-2,4-7,10-11,17H,3,8-9,12H2,(H2,20,21,22). The third kappa shape index (κ3) is 4.88. The summed E-state index contributed by atoms with van der Waals surface area (Å²) in [6.07, 6.45) is 2.27. The number of rotatable bonds is 5. The van der Waals surface area contributed by atoms with Crippen LogP contribution in [0, 0.1) is 0 Å². The van der Waals surface area contributed by atoms with Gasteiger partial charge in [0, 0.05) is 29.1 Å². The van der Waals surface area contributed by atoms with Gasteiger partial charge in [0.2, 0.25) is 0 Å². The number of carbonyl (C=O) groups excluding carboxylic acids is 1. The van der Waals surface area contributed by atoms with E-state index >= 15 is 0 Å². The van der Waals surface area contributed by atoms with Gasteiger partial charge in [-0.15, -0.1) is 0 Å². The Morgan fingerprint density at radius 3 is 2.62 bits per heavy atom. The molecule has 1 unspecified atom stereocenters. The summed E-state index contributed by atoms with van der Waals surface area (Å²) in [5.41, 5.74) is 1.28. The molecule has 0 bridgehead atoms. The van der Waals surface area contributed by atoms with Crippen LogP contribution in [0.2, 0.25) is 5.02 Å².